The summed E-state index contributed by atoms with van der Waals surface area (Å²) in [5.74, 6) is -8.18. The topological polar surface area (TPSA) is 294 Å². The predicted molar refractivity (Wildman–Crippen MR) is 117 cm³/mol. The highest BCUT2D eigenvalue weighted by Crippen LogP contribution is 2.06. The number of amides is 4. The van der Waals surface area contributed by atoms with Gasteiger partial charge in [0.2, 0.25) is 23.6 Å². The average molecular weight is 504 g/mol. The summed E-state index contributed by atoms with van der Waals surface area (Å²) in [4.78, 5) is 81.8. The minimum atomic E-state index is -1.60. The molecule has 16 heteroatoms. The zero-order chi connectivity index (χ0) is 27.1. The summed E-state index contributed by atoms with van der Waals surface area (Å²) in [6.45, 7) is 0.264. The van der Waals surface area contributed by atoms with Crippen LogP contribution in [0.2, 0.25) is 0 Å². The Labute approximate surface area is 199 Å². The number of carboxylic acids is 3. The molecule has 35 heavy (non-hydrogen) atoms. The van der Waals surface area contributed by atoms with Crippen LogP contribution in [0.1, 0.15) is 44.9 Å². The molecule has 4 atom stereocenters. The van der Waals surface area contributed by atoms with E-state index in [0.717, 1.165) is 0 Å². The molecule has 12 N–H and O–H groups in total. The third-order valence-corrected chi connectivity index (χ3v) is 4.61. The zero-order valence-electron chi connectivity index (χ0n) is 18.9. The van der Waals surface area contributed by atoms with E-state index in [9.17, 15) is 38.7 Å². The van der Waals surface area contributed by atoms with E-state index >= 15 is 0 Å². The Balaban J connectivity index is 5.56. The molecule has 0 fully saturated rings. The molecule has 0 aliphatic carbocycles. The maximum atomic E-state index is 12.8. The number of carbonyl (C=O) groups is 7. The largest absolute Gasteiger partial charge is 0.481 e. The smallest absolute Gasteiger partial charge is 0.326 e. The Morgan fingerprint density at radius 1 is 0.686 bits per heavy atom. The van der Waals surface area contributed by atoms with E-state index in [0.29, 0.717) is 12.8 Å². The lowest BCUT2D eigenvalue weighted by Crippen LogP contribution is -2.57. The molecule has 4 unspecified atom stereocenters. The molecule has 0 aliphatic heterocycles. The number of nitrogens with one attached hydrogen (secondary N) is 3. The normalized spacial score (nSPS) is 14.0. The second kappa shape index (κ2) is 15.9. The molecular formula is C19H32N6O10. The number of primary amides is 1. The maximum Gasteiger partial charge on any atom is 0.326 e. The second-order valence-electron chi connectivity index (χ2n) is 7.61. The van der Waals surface area contributed by atoms with Gasteiger partial charge in [-0.25, -0.2) is 4.79 Å². The first-order valence-electron chi connectivity index (χ1n) is 10.6. The summed E-state index contributed by atoms with van der Waals surface area (Å²) in [6.07, 6.45) is -1.63. The van der Waals surface area contributed by atoms with Crippen molar-refractivity contribution in [3.63, 3.8) is 0 Å². The Morgan fingerprint density at radius 2 is 1.23 bits per heavy atom. The molecular weight excluding hydrogens is 472 g/mol. The molecule has 0 saturated carbocycles. The van der Waals surface area contributed by atoms with Gasteiger partial charge in [0, 0.05) is 6.42 Å². The average Bonchev–Trinajstić information content (AvgIpc) is 2.73. The highest BCUT2D eigenvalue weighted by Gasteiger charge is 2.31. The van der Waals surface area contributed by atoms with Gasteiger partial charge >= 0.3 is 17.9 Å². The first-order chi connectivity index (χ1) is 16.3. The van der Waals surface area contributed by atoms with Gasteiger partial charge in [0.05, 0.1) is 18.9 Å². The van der Waals surface area contributed by atoms with E-state index < -0.39 is 91.4 Å². The molecule has 4 amide bonds. The highest BCUT2D eigenvalue weighted by molar-refractivity contribution is 5.96. The fourth-order valence-corrected chi connectivity index (χ4v) is 2.80. The van der Waals surface area contributed by atoms with E-state index in [2.05, 4.69) is 16.0 Å². The molecule has 198 valence electrons. The van der Waals surface area contributed by atoms with Crippen molar-refractivity contribution in [2.75, 3.05) is 6.54 Å². The number of carboxylic acid groups (broad SMARTS) is 3. The number of aliphatic carboxylic acids is 3. The third kappa shape index (κ3) is 13.5. The molecule has 0 rings (SSSR count). The van der Waals surface area contributed by atoms with Crippen molar-refractivity contribution in [1.29, 1.82) is 0 Å². The monoisotopic (exact) mass is 504 g/mol. The molecule has 0 spiro atoms. The molecule has 0 radical (unpaired) electrons. The number of hydrogen-bond acceptors (Lipinski definition) is 9. The van der Waals surface area contributed by atoms with Crippen LogP contribution in [-0.2, 0) is 33.6 Å². The molecule has 0 aromatic carbocycles. The lowest BCUT2D eigenvalue weighted by atomic mass is 10.1. The van der Waals surface area contributed by atoms with Crippen molar-refractivity contribution in [2.45, 2.75) is 69.1 Å². The Hall–Kier alpha value is -3.79. The lowest BCUT2D eigenvalue weighted by molar-refractivity contribution is -0.143. The molecule has 0 saturated heterocycles. The Kier molecular flexibility index (Phi) is 14.2. The molecule has 0 aromatic heterocycles. The first-order valence-corrected chi connectivity index (χ1v) is 10.6. The van der Waals surface area contributed by atoms with Crippen molar-refractivity contribution < 1.29 is 48.9 Å². The second-order valence-corrected chi connectivity index (χ2v) is 7.61. The third-order valence-electron chi connectivity index (χ3n) is 4.61. The summed E-state index contributed by atoms with van der Waals surface area (Å²) >= 11 is 0. The van der Waals surface area contributed by atoms with Crippen LogP contribution in [0.3, 0.4) is 0 Å². The summed E-state index contributed by atoms with van der Waals surface area (Å²) in [6, 6.07) is -6.03. The van der Waals surface area contributed by atoms with E-state index in [-0.39, 0.29) is 13.0 Å². The summed E-state index contributed by atoms with van der Waals surface area (Å²) in [5.41, 5.74) is 16.0. The van der Waals surface area contributed by atoms with Crippen LogP contribution in [0, 0.1) is 0 Å². The number of unbranched alkanes of at least 4 members (excludes halogenated alkanes) is 1. The fraction of sp³-hybridized carbons (Fsp3) is 0.632. The zero-order valence-corrected chi connectivity index (χ0v) is 18.9. The van der Waals surface area contributed by atoms with E-state index in [4.69, 9.17) is 27.4 Å². The quantitative estimate of drug-likeness (QED) is 0.0812. The van der Waals surface area contributed by atoms with Gasteiger partial charge in [-0.2, -0.15) is 0 Å². The van der Waals surface area contributed by atoms with Gasteiger partial charge in [0.1, 0.15) is 18.1 Å². The molecule has 0 aliphatic rings. The number of hydrogen-bond donors (Lipinski definition) is 9. The minimum Gasteiger partial charge on any atom is -0.481 e. The maximum absolute atomic E-state index is 12.8. The van der Waals surface area contributed by atoms with E-state index in [1.54, 1.807) is 0 Å². The van der Waals surface area contributed by atoms with Crippen LogP contribution in [0.25, 0.3) is 0 Å². The molecule has 0 bridgehead atoms. The molecule has 0 heterocycles. The van der Waals surface area contributed by atoms with E-state index in [1.807, 2.05) is 0 Å². The Morgan fingerprint density at radius 3 is 1.71 bits per heavy atom. The van der Waals surface area contributed by atoms with Gasteiger partial charge in [-0.05, 0) is 32.2 Å². The number of nitrogens with two attached hydrogens (primary N) is 3. The lowest BCUT2D eigenvalue weighted by Gasteiger charge is -2.24. The summed E-state index contributed by atoms with van der Waals surface area (Å²) < 4.78 is 0. The predicted octanol–water partition coefficient (Wildman–Crippen LogP) is -3.80. The van der Waals surface area contributed by atoms with Crippen LogP contribution in [0.5, 0.6) is 0 Å². The van der Waals surface area contributed by atoms with Gasteiger partial charge in [0.15, 0.2) is 0 Å². The highest BCUT2D eigenvalue weighted by atomic mass is 16.4. The van der Waals surface area contributed by atoms with Crippen LogP contribution in [0.4, 0.5) is 0 Å². The standard InChI is InChI=1S/C19H32N6O10/c20-6-2-1-3-10(17(32)24-11(19(34)35)4-5-14(27)28)23-18(33)12(8-13(22)26)25-16(31)9(21)7-15(29)30/h9-12H,1-8,20-21H2,(H2,22,26)(H,23,33)(H,24,32)(H,25,31)(H,27,28)(H,29,30)(H,34,35). The Bertz CT molecular complexity index is 805. The summed E-state index contributed by atoms with van der Waals surface area (Å²) in [7, 11) is 0. The first kappa shape index (κ1) is 31.2. The van der Waals surface area contributed by atoms with Crippen LogP contribution < -0.4 is 33.2 Å². The summed E-state index contributed by atoms with van der Waals surface area (Å²) in [5, 5.41) is 33.3. The van der Waals surface area contributed by atoms with Crippen molar-refractivity contribution in [2.24, 2.45) is 17.2 Å². The van der Waals surface area contributed by atoms with Crippen molar-refractivity contribution in [3.8, 4) is 0 Å². The van der Waals surface area contributed by atoms with Crippen LogP contribution in [0.15, 0.2) is 0 Å². The van der Waals surface area contributed by atoms with Crippen molar-refractivity contribution in [1.82, 2.24) is 16.0 Å². The van der Waals surface area contributed by atoms with Crippen molar-refractivity contribution >= 4 is 41.5 Å². The molecule has 16 nitrogen and oxygen atoms in total. The SMILES string of the molecule is NCCCCC(NC(=O)C(CC(N)=O)NC(=O)C(N)CC(=O)O)C(=O)NC(CCC(=O)O)C(=O)O. The number of rotatable bonds is 18. The molecule has 0 aromatic rings. The van der Waals surface area contributed by atoms with Crippen LogP contribution in [-0.4, -0.2) is 87.6 Å². The van der Waals surface area contributed by atoms with Gasteiger partial charge in [-0.3, -0.25) is 28.8 Å². The number of carbonyl (C=O) groups excluding carboxylic acids is 4. The minimum absolute atomic E-state index is 0.00416. The van der Waals surface area contributed by atoms with Gasteiger partial charge in [-0.15, -0.1) is 0 Å². The van der Waals surface area contributed by atoms with Gasteiger partial charge in [0.25, 0.3) is 0 Å². The van der Waals surface area contributed by atoms with E-state index in [1.165, 1.54) is 0 Å². The van der Waals surface area contributed by atoms with Crippen LogP contribution >= 0.6 is 0 Å². The van der Waals surface area contributed by atoms with Gasteiger partial charge in [-0.1, -0.05) is 0 Å². The van der Waals surface area contributed by atoms with Crippen molar-refractivity contribution in [3.05, 3.63) is 0 Å². The van der Waals surface area contributed by atoms with Gasteiger partial charge < -0.3 is 48.5 Å². The fourth-order valence-electron chi connectivity index (χ4n) is 2.80.